The number of anilines is 3. The number of aryl methyl sites for hydroxylation is 1. The summed E-state index contributed by atoms with van der Waals surface area (Å²) < 4.78 is 0. The Kier molecular flexibility index (Phi) is 6.20. The molecule has 0 bridgehead atoms. The SMILES string of the molecule is CCCc1cc(N2CCCCC2CCO)nc(Nc2ccc3ncccc3c2)n1. The number of nitrogens with zero attached hydrogens (tertiary/aromatic N) is 4. The zero-order chi connectivity index (χ0) is 20.1. The van der Waals surface area contributed by atoms with Gasteiger partial charge in [0.05, 0.1) is 5.52 Å². The van der Waals surface area contributed by atoms with Crippen LogP contribution in [0.15, 0.2) is 42.6 Å². The summed E-state index contributed by atoms with van der Waals surface area (Å²) >= 11 is 0. The molecular weight excluding hydrogens is 362 g/mol. The highest BCUT2D eigenvalue weighted by atomic mass is 16.3. The van der Waals surface area contributed by atoms with E-state index in [1.54, 1.807) is 6.20 Å². The minimum atomic E-state index is 0.213. The molecule has 6 heteroatoms. The van der Waals surface area contributed by atoms with Gasteiger partial charge in [-0.25, -0.2) is 4.98 Å². The van der Waals surface area contributed by atoms with Crippen molar-refractivity contribution in [3.05, 3.63) is 48.3 Å². The van der Waals surface area contributed by atoms with Crippen LogP contribution < -0.4 is 10.2 Å². The maximum Gasteiger partial charge on any atom is 0.229 e. The summed E-state index contributed by atoms with van der Waals surface area (Å²) in [7, 11) is 0. The second-order valence-corrected chi connectivity index (χ2v) is 7.68. The van der Waals surface area contributed by atoms with Crippen LogP contribution in [0.25, 0.3) is 10.9 Å². The lowest BCUT2D eigenvalue weighted by Crippen LogP contribution is -2.40. The number of aliphatic hydroxyl groups is 1. The van der Waals surface area contributed by atoms with Crippen molar-refractivity contribution in [1.29, 1.82) is 0 Å². The van der Waals surface area contributed by atoms with E-state index in [1.165, 1.54) is 6.42 Å². The molecule has 0 aliphatic carbocycles. The summed E-state index contributed by atoms with van der Waals surface area (Å²) in [5, 5.41) is 14.0. The molecule has 0 amide bonds. The molecule has 152 valence electrons. The molecule has 0 spiro atoms. The van der Waals surface area contributed by atoms with Crippen molar-refractivity contribution in [2.75, 3.05) is 23.4 Å². The number of rotatable bonds is 7. The molecule has 1 unspecified atom stereocenters. The predicted octanol–water partition coefficient (Wildman–Crippen LogP) is 4.46. The maximum absolute atomic E-state index is 9.48. The van der Waals surface area contributed by atoms with Gasteiger partial charge in [0, 0.05) is 48.2 Å². The first kappa shape index (κ1) is 19.6. The van der Waals surface area contributed by atoms with Crippen LogP contribution in [-0.4, -0.2) is 39.3 Å². The van der Waals surface area contributed by atoms with Crippen LogP contribution in [0.3, 0.4) is 0 Å². The second-order valence-electron chi connectivity index (χ2n) is 7.68. The van der Waals surface area contributed by atoms with E-state index in [9.17, 15) is 5.11 Å². The fourth-order valence-corrected chi connectivity index (χ4v) is 4.10. The molecule has 1 atom stereocenters. The van der Waals surface area contributed by atoms with E-state index < -0.39 is 0 Å². The Bertz CT molecular complexity index is 959. The zero-order valence-corrected chi connectivity index (χ0v) is 17.0. The number of hydrogen-bond donors (Lipinski definition) is 2. The lowest BCUT2D eigenvalue weighted by atomic mass is 9.99. The van der Waals surface area contributed by atoms with Crippen molar-refractivity contribution in [2.24, 2.45) is 0 Å². The number of pyridine rings is 1. The van der Waals surface area contributed by atoms with Crippen molar-refractivity contribution < 1.29 is 5.11 Å². The standard InChI is InChI=1S/C23H29N5O/c1-2-6-18-16-22(28-13-4-3-8-20(28)11-14-29)27-23(25-18)26-19-9-10-21-17(15-19)7-5-12-24-21/h5,7,9-10,12,15-16,20,29H,2-4,6,8,11,13-14H2,1H3,(H,25,26,27). The van der Waals surface area contributed by atoms with Gasteiger partial charge in [-0.3, -0.25) is 4.98 Å². The molecule has 29 heavy (non-hydrogen) atoms. The summed E-state index contributed by atoms with van der Waals surface area (Å²) in [6, 6.07) is 12.6. The molecule has 6 nitrogen and oxygen atoms in total. The number of aromatic nitrogens is 3. The van der Waals surface area contributed by atoms with E-state index in [0.29, 0.717) is 12.0 Å². The number of aliphatic hydroxyl groups excluding tert-OH is 1. The van der Waals surface area contributed by atoms with E-state index >= 15 is 0 Å². The molecule has 2 N–H and O–H groups in total. The van der Waals surface area contributed by atoms with Crippen molar-refractivity contribution in [3.8, 4) is 0 Å². The van der Waals surface area contributed by atoms with Gasteiger partial charge in [0.15, 0.2) is 0 Å². The Balaban J connectivity index is 1.64. The van der Waals surface area contributed by atoms with Crippen LogP contribution in [0.5, 0.6) is 0 Å². The van der Waals surface area contributed by atoms with Gasteiger partial charge in [0.1, 0.15) is 5.82 Å². The third-order valence-corrected chi connectivity index (χ3v) is 5.51. The number of nitrogens with one attached hydrogen (secondary N) is 1. The normalized spacial score (nSPS) is 16.9. The number of piperidine rings is 1. The summed E-state index contributed by atoms with van der Waals surface area (Å²) in [5.74, 6) is 1.59. The predicted molar refractivity (Wildman–Crippen MR) is 118 cm³/mol. The van der Waals surface area contributed by atoms with Gasteiger partial charge in [-0.15, -0.1) is 0 Å². The molecule has 3 heterocycles. The van der Waals surface area contributed by atoms with E-state index in [-0.39, 0.29) is 6.61 Å². The highest BCUT2D eigenvalue weighted by molar-refractivity contribution is 5.82. The third-order valence-electron chi connectivity index (χ3n) is 5.51. The fraction of sp³-hybridized carbons (Fsp3) is 0.435. The summed E-state index contributed by atoms with van der Waals surface area (Å²) in [5.41, 5.74) is 2.98. The van der Waals surface area contributed by atoms with Crippen LogP contribution >= 0.6 is 0 Å². The van der Waals surface area contributed by atoms with Gasteiger partial charge < -0.3 is 15.3 Å². The Hall–Kier alpha value is -2.73. The molecule has 0 saturated carbocycles. The molecule has 1 aliphatic rings. The Morgan fingerprint density at radius 2 is 2.10 bits per heavy atom. The smallest absolute Gasteiger partial charge is 0.229 e. The molecule has 0 radical (unpaired) electrons. The van der Waals surface area contributed by atoms with Gasteiger partial charge in [0.2, 0.25) is 5.95 Å². The first-order chi connectivity index (χ1) is 14.3. The first-order valence-electron chi connectivity index (χ1n) is 10.6. The van der Waals surface area contributed by atoms with Crippen molar-refractivity contribution in [2.45, 2.75) is 51.5 Å². The molecule has 4 rings (SSSR count). The lowest BCUT2D eigenvalue weighted by Gasteiger charge is -2.36. The summed E-state index contributed by atoms with van der Waals surface area (Å²) in [6.07, 6.45) is 8.03. The summed E-state index contributed by atoms with van der Waals surface area (Å²) in [4.78, 5) is 16.3. The quantitative estimate of drug-likeness (QED) is 0.619. The highest BCUT2D eigenvalue weighted by Gasteiger charge is 2.24. The van der Waals surface area contributed by atoms with Crippen molar-refractivity contribution in [1.82, 2.24) is 15.0 Å². The average molecular weight is 392 g/mol. The van der Waals surface area contributed by atoms with Gasteiger partial charge in [-0.1, -0.05) is 19.4 Å². The number of hydrogen-bond acceptors (Lipinski definition) is 6. The molecule has 1 fully saturated rings. The minimum Gasteiger partial charge on any atom is -0.396 e. The van der Waals surface area contributed by atoms with Crippen LogP contribution in [0, 0.1) is 0 Å². The molecular formula is C23H29N5O. The zero-order valence-electron chi connectivity index (χ0n) is 17.0. The molecule has 3 aromatic rings. The molecule has 1 aromatic carbocycles. The monoisotopic (exact) mass is 391 g/mol. The van der Waals surface area contributed by atoms with Crippen LogP contribution in [0.2, 0.25) is 0 Å². The van der Waals surface area contributed by atoms with Crippen LogP contribution in [-0.2, 0) is 6.42 Å². The average Bonchev–Trinajstić information content (AvgIpc) is 2.74. The number of benzene rings is 1. The van der Waals surface area contributed by atoms with Crippen molar-refractivity contribution >= 4 is 28.4 Å². The van der Waals surface area contributed by atoms with Gasteiger partial charge >= 0.3 is 0 Å². The molecule has 1 saturated heterocycles. The topological polar surface area (TPSA) is 74.2 Å². The molecule has 2 aromatic heterocycles. The van der Waals surface area contributed by atoms with Crippen molar-refractivity contribution in [3.63, 3.8) is 0 Å². The van der Waals surface area contributed by atoms with Gasteiger partial charge in [-0.2, -0.15) is 4.98 Å². The van der Waals surface area contributed by atoms with Crippen LogP contribution in [0.1, 0.15) is 44.7 Å². The number of fused-ring (bicyclic) bond motifs is 1. The Morgan fingerprint density at radius 1 is 1.17 bits per heavy atom. The first-order valence-corrected chi connectivity index (χ1v) is 10.6. The summed E-state index contributed by atoms with van der Waals surface area (Å²) in [6.45, 7) is 3.36. The second kappa shape index (κ2) is 9.18. The largest absolute Gasteiger partial charge is 0.396 e. The van der Waals surface area contributed by atoms with E-state index in [2.05, 4.69) is 40.3 Å². The third kappa shape index (κ3) is 4.65. The van der Waals surface area contributed by atoms with E-state index in [4.69, 9.17) is 9.97 Å². The lowest BCUT2D eigenvalue weighted by molar-refractivity contribution is 0.262. The fourth-order valence-electron chi connectivity index (χ4n) is 4.10. The van der Waals surface area contributed by atoms with Gasteiger partial charge in [0.25, 0.3) is 0 Å². The highest BCUT2D eigenvalue weighted by Crippen LogP contribution is 2.28. The Morgan fingerprint density at radius 3 is 2.97 bits per heavy atom. The van der Waals surface area contributed by atoms with E-state index in [1.807, 2.05) is 18.2 Å². The van der Waals surface area contributed by atoms with E-state index in [0.717, 1.165) is 66.8 Å². The Labute approximate surface area is 172 Å². The van der Waals surface area contributed by atoms with Crippen LogP contribution in [0.4, 0.5) is 17.5 Å². The maximum atomic E-state index is 9.48. The minimum absolute atomic E-state index is 0.213. The van der Waals surface area contributed by atoms with Gasteiger partial charge in [-0.05, 0) is 56.4 Å². The molecule has 1 aliphatic heterocycles.